The molecule has 0 saturated carbocycles. The minimum atomic E-state index is 0.562. The number of hydrogen-bond donors (Lipinski definition) is 0. The van der Waals surface area contributed by atoms with Gasteiger partial charge in [-0.25, -0.2) is 0 Å². The highest BCUT2D eigenvalue weighted by Gasteiger charge is 2.20. The van der Waals surface area contributed by atoms with Gasteiger partial charge in [-0.15, -0.1) is 0 Å². The first-order chi connectivity index (χ1) is 21.7. The second kappa shape index (κ2) is 9.74. The molecule has 202 valence electrons. The molecule has 8 rings (SSSR count). The van der Waals surface area contributed by atoms with E-state index in [1.54, 1.807) is 0 Å². The standard InChI is InChI=1S/C39H21N5/c40-22-25-13-16-37-31(19-25)28-7-1-4-10-34(28)43(37)35-11-5-2-8-29(35)32-20-26(23-41)14-17-38(32)44-36-12-6-3-9-30(36)33-21-27(24-42)15-18-39(33)44/h1-21H. The molecule has 0 saturated heterocycles. The molecule has 2 heterocycles. The predicted molar refractivity (Wildman–Crippen MR) is 175 cm³/mol. The zero-order valence-corrected chi connectivity index (χ0v) is 23.4. The lowest BCUT2D eigenvalue weighted by molar-refractivity contribution is 1.16. The zero-order chi connectivity index (χ0) is 29.8. The van der Waals surface area contributed by atoms with Crippen molar-refractivity contribution in [1.82, 2.24) is 9.13 Å². The SMILES string of the molecule is N#Cc1ccc(-n2c3ccccc3c3cc(C#N)ccc32)c(-c2ccccc2-n2c3ccccc3c3cc(C#N)ccc32)c1. The van der Waals surface area contributed by atoms with Gasteiger partial charge in [-0.2, -0.15) is 15.8 Å². The molecule has 5 nitrogen and oxygen atoms in total. The number of hydrogen-bond acceptors (Lipinski definition) is 3. The van der Waals surface area contributed by atoms with Crippen molar-refractivity contribution in [2.24, 2.45) is 0 Å². The molecule has 2 aromatic heterocycles. The molecule has 0 atom stereocenters. The van der Waals surface area contributed by atoms with E-state index in [0.29, 0.717) is 16.7 Å². The smallest absolute Gasteiger partial charge is 0.0991 e. The van der Waals surface area contributed by atoms with Crippen LogP contribution in [0.3, 0.4) is 0 Å². The summed E-state index contributed by atoms with van der Waals surface area (Å²) >= 11 is 0. The summed E-state index contributed by atoms with van der Waals surface area (Å²) in [6, 6.07) is 49.1. The number of aromatic nitrogens is 2. The molecule has 0 aliphatic rings. The lowest BCUT2D eigenvalue weighted by Crippen LogP contribution is -2.02. The fourth-order valence-corrected chi connectivity index (χ4v) is 6.52. The minimum Gasteiger partial charge on any atom is -0.309 e. The summed E-state index contributed by atoms with van der Waals surface area (Å²) in [5, 5.41) is 33.4. The van der Waals surface area contributed by atoms with Crippen molar-refractivity contribution in [2.75, 3.05) is 0 Å². The fourth-order valence-electron chi connectivity index (χ4n) is 6.52. The second-order valence-corrected chi connectivity index (χ2v) is 10.8. The molecule has 5 heteroatoms. The largest absolute Gasteiger partial charge is 0.309 e. The molecule has 0 aliphatic carbocycles. The van der Waals surface area contributed by atoms with E-state index in [-0.39, 0.29) is 0 Å². The number of nitriles is 3. The topological polar surface area (TPSA) is 81.2 Å². The molecule has 0 amide bonds. The third-order valence-corrected chi connectivity index (χ3v) is 8.41. The fraction of sp³-hybridized carbons (Fsp3) is 0. The van der Waals surface area contributed by atoms with Gasteiger partial charge >= 0.3 is 0 Å². The van der Waals surface area contributed by atoms with Gasteiger partial charge in [-0.3, -0.25) is 0 Å². The maximum absolute atomic E-state index is 10.00. The molecule has 0 unspecified atom stereocenters. The van der Waals surface area contributed by atoms with Crippen molar-refractivity contribution in [3.05, 3.63) is 144 Å². The van der Waals surface area contributed by atoms with Crippen molar-refractivity contribution >= 4 is 43.6 Å². The van der Waals surface area contributed by atoms with Gasteiger partial charge in [0, 0.05) is 32.7 Å². The first kappa shape index (κ1) is 25.1. The summed E-state index contributed by atoms with van der Waals surface area (Å²) in [5.74, 6) is 0. The van der Waals surface area contributed by atoms with E-state index in [2.05, 4.69) is 63.7 Å². The quantitative estimate of drug-likeness (QED) is 0.216. The van der Waals surface area contributed by atoms with Gasteiger partial charge in [0.15, 0.2) is 0 Å². The van der Waals surface area contributed by atoms with Crippen LogP contribution in [-0.2, 0) is 0 Å². The molecule has 0 radical (unpaired) electrons. The van der Waals surface area contributed by atoms with Crippen LogP contribution in [0.4, 0.5) is 0 Å². The van der Waals surface area contributed by atoms with Gasteiger partial charge in [0.2, 0.25) is 0 Å². The third-order valence-electron chi connectivity index (χ3n) is 8.41. The number of benzene rings is 6. The highest BCUT2D eigenvalue weighted by Crippen LogP contribution is 2.41. The van der Waals surface area contributed by atoms with Gasteiger partial charge in [0.1, 0.15) is 0 Å². The average molecular weight is 560 g/mol. The summed E-state index contributed by atoms with van der Waals surface area (Å²) in [6.07, 6.45) is 0. The Labute approximate surface area is 252 Å². The van der Waals surface area contributed by atoms with Crippen molar-refractivity contribution in [3.8, 4) is 40.7 Å². The van der Waals surface area contributed by atoms with Crippen LogP contribution in [0.2, 0.25) is 0 Å². The molecule has 0 bridgehead atoms. The Morgan fingerprint density at radius 1 is 0.364 bits per heavy atom. The summed E-state index contributed by atoms with van der Waals surface area (Å²) in [4.78, 5) is 0. The molecule has 6 aromatic carbocycles. The monoisotopic (exact) mass is 559 g/mol. The summed E-state index contributed by atoms with van der Waals surface area (Å²) < 4.78 is 4.47. The Hall–Kier alpha value is -6.61. The lowest BCUT2D eigenvalue weighted by Gasteiger charge is -2.19. The van der Waals surface area contributed by atoms with E-state index in [0.717, 1.165) is 66.1 Å². The van der Waals surface area contributed by atoms with Crippen LogP contribution in [0.5, 0.6) is 0 Å². The van der Waals surface area contributed by atoms with Gasteiger partial charge in [-0.05, 0) is 72.8 Å². The van der Waals surface area contributed by atoms with Crippen molar-refractivity contribution in [3.63, 3.8) is 0 Å². The van der Waals surface area contributed by atoms with Crippen LogP contribution in [0.15, 0.2) is 127 Å². The molecular weight excluding hydrogens is 538 g/mol. The van der Waals surface area contributed by atoms with Crippen LogP contribution in [0.1, 0.15) is 16.7 Å². The third kappa shape index (κ3) is 3.63. The molecular formula is C39H21N5. The highest BCUT2D eigenvalue weighted by atomic mass is 15.0. The molecule has 0 aliphatic heterocycles. The number of rotatable bonds is 3. The Bertz CT molecular complexity index is 2600. The Morgan fingerprint density at radius 2 is 0.795 bits per heavy atom. The van der Waals surface area contributed by atoms with Crippen LogP contribution >= 0.6 is 0 Å². The molecule has 44 heavy (non-hydrogen) atoms. The maximum Gasteiger partial charge on any atom is 0.0991 e. The summed E-state index contributed by atoms with van der Waals surface area (Å²) in [5.41, 5.74) is 9.58. The van der Waals surface area contributed by atoms with E-state index in [4.69, 9.17) is 0 Å². The van der Waals surface area contributed by atoms with Gasteiger partial charge < -0.3 is 9.13 Å². The Balaban J connectivity index is 1.48. The summed E-state index contributed by atoms with van der Waals surface area (Å²) in [6.45, 7) is 0. The lowest BCUT2D eigenvalue weighted by atomic mass is 9.98. The van der Waals surface area contributed by atoms with Gasteiger partial charge in [-0.1, -0.05) is 54.6 Å². The van der Waals surface area contributed by atoms with Crippen molar-refractivity contribution in [2.45, 2.75) is 0 Å². The van der Waals surface area contributed by atoms with Gasteiger partial charge in [0.25, 0.3) is 0 Å². The van der Waals surface area contributed by atoms with Crippen LogP contribution < -0.4 is 0 Å². The highest BCUT2D eigenvalue weighted by molar-refractivity contribution is 6.11. The average Bonchev–Trinajstić information content (AvgIpc) is 3.60. The Kier molecular flexibility index (Phi) is 5.56. The first-order valence-corrected chi connectivity index (χ1v) is 14.2. The maximum atomic E-state index is 10.00. The van der Waals surface area contributed by atoms with E-state index >= 15 is 0 Å². The van der Waals surface area contributed by atoms with E-state index in [1.807, 2.05) is 91.0 Å². The number of nitrogens with zero attached hydrogens (tertiary/aromatic N) is 5. The van der Waals surface area contributed by atoms with Crippen LogP contribution in [0, 0.1) is 34.0 Å². The van der Waals surface area contributed by atoms with E-state index in [1.165, 1.54) is 0 Å². The second-order valence-electron chi connectivity index (χ2n) is 10.8. The van der Waals surface area contributed by atoms with E-state index < -0.39 is 0 Å². The molecule has 8 aromatic rings. The van der Waals surface area contributed by atoms with Crippen molar-refractivity contribution in [1.29, 1.82) is 15.8 Å². The Morgan fingerprint density at radius 3 is 1.36 bits per heavy atom. The number of fused-ring (bicyclic) bond motifs is 6. The zero-order valence-electron chi connectivity index (χ0n) is 23.4. The summed E-state index contributed by atoms with van der Waals surface area (Å²) in [7, 11) is 0. The van der Waals surface area contributed by atoms with Crippen LogP contribution in [-0.4, -0.2) is 9.13 Å². The number of para-hydroxylation sites is 3. The normalized spacial score (nSPS) is 11.1. The molecule has 0 spiro atoms. The molecule has 0 N–H and O–H groups in total. The minimum absolute atomic E-state index is 0.562. The van der Waals surface area contributed by atoms with Crippen molar-refractivity contribution < 1.29 is 0 Å². The van der Waals surface area contributed by atoms with Crippen LogP contribution in [0.25, 0.3) is 66.1 Å². The predicted octanol–water partition coefficient (Wildman–Crippen LogP) is 9.16. The molecule has 0 fully saturated rings. The first-order valence-electron chi connectivity index (χ1n) is 14.2. The van der Waals surface area contributed by atoms with E-state index in [9.17, 15) is 15.8 Å². The van der Waals surface area contributed by atoms with Gasteiger partial charge in [0.05, 0.1) is 68.3 Å².